The Labute approximate surface area is 152 Å². The molecule has 138 valence electrons. The molecule has 1 saturated heterocycles. The van der Waals surface area contributed by atoms with Crippen molar-refractivity contribution in [1.29, 1.82) is 0 Å². The van der Waals surface area contributed by atoms with Crippen LogP contribution in [0.15, 0.2) is 24.3 Å². The Morgan fingerprint density at radius 1 is 1.12 bits per heavy atom. The van der Waals surface area contributed by atoms with Gasteiger partial charge in [-0.1, -0.05) is 51.5 Å². The molecule has 4 nitrogen and oxygen atoms in total. The normalized spacial score (nSPS) is 21.7. The molecule has 1 amide bonds. The van der Waals surface area contributed by atoms with Crippen LogP contribution in [0.1, 0.15) is 38.3 Å². The van der Waals surface area contributed by atoms with Crippen LogP contribution < -0.4 is 5.32 Å². The van der Waals surface area contributed by atoms with E-state index in [2.05, 4.69) is 60.2 Å². The van der Waals surface area contributed by atoms with E-state index in [1.54, 1.807) is 0 Å². The molecule has 0 bridgehead atoms. The van der Waals surface area contributed by atoms with Gasteiger partial charge in [-0.15, -0.1) is 0 Å². The number of nitrogens with one attached hydrogen (secondary N) is 1. The second kappa shape index (κ2) is 7.88. The molecular weight excluding hydrogens is 310 g/mol. The number of carbonyl (C=O) groups excluding carboxylic acids is 1. The third-order valence-corrected chi connectivity index (χ3v) is 6.24. The third kappa shape index (κ3) is 3.75. The van der Waals surface area contributed by atoms with Gasteiger partial charge < -0.3 is 10.2 Å². The molecule has 1 atom stereocenters. The standard InChI is InChI=1S/C21H33N3O/c1-4-17(3)16-22-20(25)21(24-12-10-23(5-2)11-13-24)14-18-8-6-7-9-19(18)15-21/h6-9,17H,4-5,10-16H2,1-3H3,(H,22,25). The first-order chi connectivity index (χ1) is 12.1. The lowest BCUT2D eigenvalue weighted by Crippen LogP contribution is -2.64. The van der Waals surface area contributed by atoms with Crippen molar-refractivity contribution in [1.82, 2.24) is 15.1 Å². The Kier molecular flexibility index (Phi) is 5.80. The summed E-state index contributed by atoms with van der Waals surface area (Å²) in [5.41, 5.74) is 2.30. The van der Waals surface area contributed by atoms with Gasteiger partial charge in [0.2, 0.25) is 5.91 Å². The molecule has 1 aliphatic carbocycles. The average Bonchev–Trinajstić information content (AvgIpc) is 3.06. The molecular formula is C21H33N3O. The largest absolute Gasteiger partial charge is 0.354 e. The molecule has 4 heteroatoms. The summed E-state index contributed by atoms with van der Waals surface area (Å²) in [5, 5.41) is 3.28. The van der Waals surface area contributed by atoms with E-state index in [4.69, 9.17) is 0 Å². The first-order valence-corrected chi connectivity index (χ1v) is 9.91. The van der Waals surface area contributed by atoms with E-state index in [1.807, 2.05) is 0 Å². The average molecular weight is 344 g/mol. The minimum absolute atomic E-state index is 0.231. The third-order valence-electron chi connectivity index (χ3n) is 6.24. The molecule has 0 radical (unpaired) electrons. The molecule has 0 saturated carbocycles. The fraction of sp³-hybridized carbons (Fsp3) is 0.667. The number of carbonyl (C=O) groups is 1. The number of fused-ring (bicyclic) bond motifs is 1. The first kappa shape index (κ1) is 18.4. The van der Waals surface area contributed by atoms with E-state index in [-0.39, 0.29) is 5.91 Å². The van der Waals surface area contributed by atoms with Gasteiger partial charge in [0, 0.05) is 45.6 Å². The van der Waals surface area contributed by atoms with Crippen LogP contribution in [0.3, 0.4) is 0 Å². The van der Waals surface area contributed by atoms with Crippen LogP contribution >= 0.6 is 0 Å². The molecule has 1 unspecified atom stereocenters. The Hall–Kier alpha value is -1.39. The van der Waals surface area contributed by atoms with Gasteiger partial charge in [-0.3, -0.25) is 9.69 Å². The van der Waals surface area contributed by atoms with Crippen molar-refractivity contribution >= 4 is 5.91 Å². The number of hydrogen-bond donors (Lipinski definition) is 1. The molecule has 2 aliphatic rings. The van der Waals surface area contributed by atoms with E-state index in [0.29, 0.717) is 5.92 Å². The second-order valence-corrected chi connectivity index (χ2v) is 7.80. The van der Waals surface area contributed by atoms with Gasteiger partial charge in [0.1, 0.15) is 5.54 Å². The Morgan fingerprint density at radius 3 is 2.24 bits per heavy atom. The van der Waals surface area contributed by atoms with Crippen LogP contribution in [-0.4, -0.2) is 60.5 Å². The SMILES string of the molecule is CCC(C)CNC(=O)C1(N2CCN(CC)CC2)Cc2ccccc2C1. The number of rotatable bonds is 6. The maximum atomic E-state index is 13.3. The van der Waals surface area contributed by atoms with Crippen molar-refractivity contribution in [2.24, 2.45) is 5.92 Å². The predicted octanol–water partition coefficient (Wildman–Crippen LogP) is 2.32. The van der Waals surface area contributed by atoms with E-state index in [9.17, 15) is 4.79 Å². The number of amides is 1. The number of nitrogens with zero attached hydrogens (tertiary/aromatic N) is 2. The quantitative estimate of drug-likeness (QED) is 0.861. The monoisotopic (exact) mass is 343 g/mol. The summed E-state index contributed by atoms with van der Waals surface area (Å²) < 4.78 is 0. The number of benzene rings is 1. The summed E-state index contributed by atoms with van der Waals surface area (Å²) in [4.78, 5) is 18.3. The van der Waals surface area contributed by atoms with Crippen molar-refractivity contribution in [2.45, 2.75) is 45.6 Å². The maximum Gasteiger partial charge on any atom is 0.241 e. The summed E-state index contributed by atoms with van der Waals surface area (Å²) in [6.07, 6.45) is 2.80. The number of piperazine rings is 1. The number of hydrogen-bond acceptors (Lipinski definition) is 3. The van der Waals surface area contributed by atoms with Gasteiger partial charge in [0.25, 0.3) is 0 Å². The van der Waals surface area contributed by atoms with Crippen molar-refractivity contribution in [2.75, 3.05) is 39.3 Å². The molecule has 1 heterocycles. The lowest BCUT2D eigenvalue weighted by atomic mass is 9.90. The number of likely N-dealkylation sites (N-methyl/N-ethyl adjacent to an activating group) is 1. The topological polar surface area (TPSA) is 35.6 Å². The highest BCUT2D eigenvalue weighted by molar-refractivity contribution is 5.88. The van der Waals surface area contributed by atoms with Crippen molar-refractivity contribution < 1.29 is 4.79 Å². The van der Waals surface area contributed by atoms with Gasteiger partial charge in [-0.05, 0) is 23.6 Å². The molecule has 1 aromatic carbocycles. The van der Waals surface area contributed by atoms with Crippen molar-refractivity contribution in [3.05, 3.63) is 35.4 Å². The minimum atomic E-state index is -0.392. The Morgan fingerprint density at radius 2 is 1.72 bits per heavy atom. The molecule has 0 aromatic heterocycles. The molecule has 1 N–H and O–H groups in total. The summed E-state index contributed by atoms with van der Waals surface area (Å²) >= 11 is 0. The van der Waals surface area contributed by atoms with E-state index < -0.39 is 5.54 Å². The highest BCUT2D eigenvalue weighted by atomic mass is 16.2. The summed E-state index contributed by atoms with van der Waals surface area (Å²) in [6, 6.07) is 8.59. The van der Waals surface area contributed by atoms with Crippen LogP contribution in [0.2, 0.25) is 0 Å². The first-order valence-electron chi connectivity index (χ1n) is 9.91. The second-order valence-electron chi connectivity index (χ2n) is 7.80. The van der Waals surface area contributed by atoms with Gasteiger partial charge in [-0.2, -0.15) is 0 Å². The predicted molar refractivity (Wildman–Crippen MR) is 103 cm³/mol. The van der Waals surface area contributed by atoms with Crippen LogP contribution in [0.25, 0.3) is 0 Å². The summed E-state index contributed by atoms with van der Waals surface area (Å²) in [7, 11) is 0. The van der Waals surface area contributed by atoms with Gasteiger partial charge >= 0.3 is 0 Å². The van der Waals surface area contributed by atoms with E-state index in [1.165, 1.54) is 11.1 Å². The molecule has 1 aromatic rings. The summed E-state index contributed by atoms with van der Waals surface area (Å²) in [6.45, 7) is 12.6. The highest BCUT2D eigenvalue weighted by Crippen LogP contribution is 2.35. The Bertz CT molecular complexity index is 568. The zero-order valence-electron chi connectivity index (χ0n) is 16.1. The van der Waals surface area contributed by atoms with Crippen LogP contribution in [0, 0.1) is 5.92 Å². The van der Waals surface area contributed by atoms with Gasteiger partial charge in [-0.25, -0.2) is 0 Å². The maximum absolute atomic E-state index is 13.3. The van der Waals surface area contributed by atoms with Gasteiger partial charge in [0.15, 0.2) is 0 Å². The zero-order valence-corrected chi connectivity index (χ0v) is 16.1. The zero-order chi connectivity index (χ0) is 17.9. The van der Waals surface area contributed by atoms with Crippen molar-refractivity contribution in [3.63, 3.8) is 0 Å². The van der Waals surface area contributed by atoms with Gasteiger partial charge in [0.05, 0.1) is 0 Å². The fourth-order valence-corrected chi connectivity index (χ4v) is 4.19. The molecule has 1 aliphatic heterocycles. The molecule has 3 rings (SSSR count). The highest BCUT2D eigenvalue weighted by Gasteiger charge is 2.48. The fourth-order valence-electron chi connectivity index (χ4n) is 4.19. The molecule has 25 heavy (non-hydrogen) atoms. The van der Waals surface area contributed by atoms with E-state index >= 15 is 0 Å². The molecule has 1 fully saturated rings. The lowest BCUT2D eigenvalue weighted by molar-refractivity contribution is -0.135. The van der Waals surface area contributed by atoms with Crippen LogP contribution in [-0.2, 0) is 17.6 Å². The smallest absolute Gasteiger partial charge is 0.241 e. The summed E-state index contributed by atoms with van der Waals surface area (Å²) in [5.74, 6) is 0.760. The Balaban J connectivity index is 1.79. The lowest BCUT2D eigenvalue weighted by Gasteiger charge is -2.44. The van der Waals surface area contributed by atoms with Crippen LogP contribution in [0.5, 0.6) is 0 Å². The van der Waals surface area contributed by atoms with Crippen LogP contribution in [0.4, 0.5) is 0 Å². The minimum Gasteiger partial charge on any atom is -0.354 e. The molecule has 0 spiro atoms. The van der Waals surface area contributed by atoms with E-state index in [0.717, 1.165) is 58.5 Å². The van der Waals surface area contributed by atoms with Crippen molar-refractivity contribution in [3.8, 4) is 0 Å².